The Labute approximate surface area is 194 Å². The van der Waals surface area contributed by atoms with E-state index in [1.807, 2.05) is 25.3 Å². The van der Waals surface area contributed by atoms with Crippen molar-refractivity contribution in [2.45, 2.75) is 18.1 Å². The molecule has 0 fully saturated rings. The van der Waals surface area contributed by atoms with Gasteiger partial charge in [-0.2, -0.15) is 13.2 Å². The number of rotatable bonds is 4. The van der Waals surface area contributed by atoms with Crippen LogP contribution in [0.1, 0.15) is 11.3 Å². The zero-order valence-electron chi connectivity index (χ0n) is 16.2. The second kappa shape index (κ2) is 8.50. The highest BCUT2D eigenvalue weighted by Crippen LogP contribution is 2.39. The van der Waals surface area contributed by atoms with Crippen LogP contribution in [0.15, 0.2) is 53.8 Å². The Hall–Kier alpha value is -2.00. The van der Waals surface area contributed by atoms with E-state index >= 15 is 0 Å². The average molecular weight is 500 g/mol. The number of hydrogen-bond acceptors (Lipinski definition) is 4. The van der Waals surface area contributed by atoms with Crippen molar-refractivity contribution in [3.63, 3.8) is 0 Å². The lowest BCUT2D eigenvalue weighted by Gasteiger charge is -2.09. The van der Waals surface area contributed by atoms with Gasteiger partial charge in [0.15, 0.2) is 11.5 Å². The standard InChI is InChI=1S/C21H14Cl2F3N3S2/c1-11-7-12(9-27-20(11)30-2)16-5-6-17(31-16)19-28-18(21(24,25)26)10-29(19)15-8-13(22)3-4-14(15)23/h3-10H,1-2H3. The van der Waals surface area contributed by atoms with Crippen molar-refractivity contribution in [3.8, 4) is 26.8 Å². The summed E-state index contributed by atoms with van der Waals surface area (Å²) in [6, 6.07) is 10.2. The molecule has 0 atom stereocenters. The van der Waals surface area contributed by atoms with Gasteiger partial charge in [-0.3, -0.25) is 4.57 Å². The highest BCUT2D eigenvalue weighted by molar-refractivity contribution is 7.98. The van der Waals surface area contributed by atoms with Crippen molar-refractivity contribution in [2.24, 2.45) is 0 Å². The lowest BCUT2D eigenvalue weighted by Crippen LogP contribution is -2.05. The van der Waals surface area contributed by atoms with Gasteiger partial charge < -0.3 is 0 Å². The van der Waals surface area contributed by atoms with Gasteiger partial charge in [0.2, 0.25) is 0 Å². The molecule has 0 aliphatic heterocycles. The number of imidazole rings is 1. The number of thiophene rings is 1. The Bertz CT molecular complexity index is 1270. The summed E-state index contributed by atoms with van der Waals surface area (Å²) in [6.45, 7) is 1.97. The van der Waals surface area contributed by atoms with Gasteiger partial charge in [0.05, 0.1) is 20.6 Å². The first kappa shape index (κ1) is 22.2. The first-order valence-electron chi connectivity index (χ1n) is 8.90. The lowest BCUT2D eigenvalue weighted by atomic mass is 10.2. The molecule has 0 spiro atoms. The van der Waals surface area contributed by atoms with Gasteiger partial charge in [-0.05, 0) is 55.1 Å². The molecule has 0 amide bonds. The Kier molecular flexibility index (Phi) is 6.09. The molecular weight excluding hydrogens is 486 g/mol. The van der Waals surface area contributed by atoms with E-state index in [4.69, 9.17) is 23.2 Å². The summed E-state index contributed by atoms with van der Waals surface area (Å²) < 4.78 is 41.6. The normalized spacial score (nSPS) is 11.8. The van der Waals surface area contributed by atoms with Crippen LogP contribution in [0.25, 0.3) is 26.8 Å². The molecule has 1 aromatic carbocycles. The third-order valence-corrected chi connectivity index (χ3v) is 7.00. The fourth-order valence-electron chi connectivity index (χ4n) is 3.07. The molecule has 0 unspecified atom stereocenters. The van der Waals surface area contributed by atoms with Gasteiger partial charge in [-0.15, -0.1) is 23.1 Å². The van der Waals surface area contributed by atoms with E-state index in [9.17, 15) is 13.2 Å². The van der Waals surface area contributed by atoms with E-state index in [2.05, 4.69) is 9.97 Å². The minimum absolute atomic E-state index is 0.137. The molecule has 0 N–H and O–H groups in total. The van der Waals surface area contributed by atoms with Crippen LogP contribution in [0.4, 0.5) is 13.2 Å². The molecule has 0 saturated carbocycles. The van der Waals surface area contributed by atoms with E-state index in [1.165, 1.54) is 28.0 Å². The summed E-state index contributed by atoms with van der Waals surface area (Å²) >= 11 is 15.2. The molecule has 3 heterocycles. The number of aromatic nitrogens is 3. The lowest BCUT2D eigenvalue weighted by molar-refractivity contribution is -0.140. The van der Waals surface area contributed by atoms with Crippen LogP contribution in [-0.4, -0.2) is 20.8 Å². The molecule has 160 valence electrons. The number of halogens is 5. The van der Waals surface area contributed by atoms with Crippen molar-refractivity contribution in [3.05, 3.63) is 70.1 Å². The molecule has 0 aliphatic rings. The summed E-state index contributed by atoms with van der Waals surface area (Å²) in [5.41, 5.74) is 1.24. The molecule has 3 aromatic heterocycles. The van der Waals surface area contributed by atoms with Crippen molar-refractivity contribution < 1.29 is 13.2 Å². The van der Waals surface area contributed by atoms with E-state index in [1.54, 1.807) is 30.1 Å². The van der Waals surface area contributed by atoms with E-state index in [-0.39, 0.29) is 10.8 Å². The summed E-state index contributed by atoms with van der Waals surface area (Å²) in [5.74, 6) is 0.137. The summed E-state index contributed by atoms with van der Waals surface area (Å²) in [7, 11) is 0. The van der Waals surface area contributed by atoms with Gasteiger partial charge >= 0.3 is 6.18 Å². The summed E-state index contributed by atoms with van der Waals surface area (Å²) in [4.78, 5) is 9.76. The van der Waals surface area contributed by atoms with Gasteiger partial charge in [0.25, 0.3) is 0 Å². The number of benzene rings is 1. The number of alkyl halides is 3. The molecule has 0 aliphatic carbocycles. The fourth-order valence-corrected chi connectivity index (χ4v) is 4.96. The first-order chi connectivity index (χ1) is 14.7. The summed E-state index contributed by atoms with van der Waals surface area (Å²) in [5, 5.41) is 1.55. The molecule has 0 saturated heterocycles. The Balaban J connectivity index is 1.84. The smallest absolute Gasteiger partial charge is 0.297 e. The van der Waals surface area contributed by atoms with Gasteiger partial charge in [-0.25, -0.2) is 9.97 Å². The fraction of sp³-hybridized carbons (Fsp3) is 0.143. The van der Waals surface area contributed by atoms with Crippen LogP contribution < -0.4 is 0 Å². The maximum Gasteiger partial charge on any atom is 0.434 e. The van der Waals surface area contributed by atoms with Crippen LogP contribution in [0, 0.1) is 6.92 Å². The second-order valence-corrected chi connectivity index (χ2v) is 9.35. The minimum Gasteiger partial charge on any atom is -0.297 e. The van der Waals surface area contributed by atoms with Crippen molar-refractivity contribution in [1.29, 1.82) is 0 Å². The van der Waals surface area contributed by atoms with E-state index in [0.29, 0.717) is 15.6 Å². The van der Waals surface area contributed by atoms with Gasteiger partial charge in [0.1, 0.15) is 0 Å². The number of hydrogen-bond donors (Lipinski definition) is 0. The van der Waals surface area contributed by atoms with Crippen molar-refractivity contribution in [1.82, 2.24) is 14.5 Å². The molecule has 4 rings (SSSR count). The van der Waals surface area contributed by atoms with Crippen LogP contribution in [0.5, 0.6) is 0 Å². The molecule has 3 nitrogen and oxygen atoms in total. The first-order valence-corrected chi connectivity index (χ1v) is 11.7. The molecule has 4 aromatic rings. The Morgan fingerprint density at radius 2 is 1.81 bits per heavy atom. The highest BCUT2D eigenvalue weighted by Gasteiger charge is 2.35. The van der Waals surface area contributed by atoms with Crippen LogP contribution in [0.3, 0.4) is 0 Å². The number of thioether (sulfide) groups is 1. The van der Waals surface area contributed by atoms with Gasteiger partial charge in [-0.1, -0.05) is 23.2 Å². The molecule has 0 bridgehead atoms. The largest absolute Gasteiger partial charge is 0.434 e. The van der Waals surface area contributed by atoms with E-state index in [0.717, 1.165) is 27.2 Å². The second-order valence-electron chi connectivity index (χ2n) is 6.63. The third-order valence-electron chi connectivity index (χ3n) is 4.50. The van der Waals surface area contributed by atoms with Crippen LogP contribution in [0.2, 0.25) is 10.0 Å². The third kappa shape index (κ3) is 4.48. The zero-order chi connectivity index (χ0) is 22.3. The molecule has 31 heavy (non-hydrogen) atoms. The predicted octanol–water partition coefficient (Wildman–Crippen LogP) is 8.02. The Morgan fingerprint density at radius 3 is 2.48 bits per heavy atom. The van der Waals surface area contributed by atoms with Gasteiger partial charge in [0, 0.05) is 27.9 Å². The van der Waals surface area contributed by atoms with Crippen LogP contribution in [-0.2, 0) is 6.18 Å². The number of nitrogens with zero attached hydrogens (tertiary/aromatic N) is 3. The maximum atomic E-state index is 13.4. The van der Waals surface area contributed by atoms with Crippen LogP contribution >= 0.6 is 46.3 Å². The highest BCUT2D eigenvalue weighted by atomic mass is 35.5. The average Bonchev–Trinajstić information content (AvgIpc) is 3.36. The maximum absolute atomic E-state index is 13.4. The molecule has 0 radical (unpaired) electrons. The minimum atomic E-state index is -4.60. The topological polar surface area (TPSA) is 30.7 Å². The monoisotopic (exact) mass is 499 g/mol. The Morgan fingerprint density at radius 1 is 1.06 bits per heavy atom. The van der Waals surface area contributed by atoms with E-state index < -0.39 is 11.9 Å². The number of pyridine rings is 1. The predicted molar refractivity (Wildman–Crippen MR) is 122 cm³/mol. The molecule has 10 heteroatoms. The summed E-state index contributed by atoms with van der Waals surface area (Å²) in [6.07, 6.45) is 0.0538. The van der Waals surface area contributed by atoms with Crippen molar-refractivity contribution in [2.75, 3.05) is 6.26 Å². The number of aryl methyl sites for hydroxylation is 1. The zero-order valence-corrected chi connectivity index (χ0v) is 19.3. The SMILES string of the molecule is CSc1ncc(-c2ccc(-c3nc(C(F)(F)F)cn3-c3cc(Cl)ccc3Cl)s2)cc1C. The molecular formula is C21H14Cl2F3N3S2. The van der Waals surface area contributed by atoms with Crippen molar-refractivity contribution >= 4 is 46.3 Å². The quantitative estimate of drug-likeness (QED) is 0.266.